The summed E-state index contributed by atoms with van der Waals surface area (Å²) >= 11 is 0. The van der Waals surface area contributed by atoms with Crippen LogP contribution < -0.4 is 0 Å². The number of rotatable bonds is 3. The molecular weight excluding hydrogens is 162 g/mol. The molecule has 0 saturated carbocycles. The lowest BCUT2D eigenvalue weighted by Gasteiger charge is -2.23. The SMILES string of the molecule is CCC(C)(C)c1nncn1C(C)C. The van der Waals surface area contributed by atoms with Gasteiger partial charge in [-0.25, -0.2) is 0 Å². The van der Waals surface area contributed by atoms with E-state index in [1.54, 1.807) is 0 Å². The number of hydrogen-bond donors (Lipinski definition) is 0. The normalized spacial score (nSPS) is 12.5. The minimum absolute atomic E-state index is 0.126. The van der Waals surface area contributed by atoms with Crippen LogP contribution in [0.4, 0.5) is 0 Å². The van der Waals surface area contributed by atoms with Gasteiger partial charge in [-0.2, -0.15) is 0 Å². The second kappa shape index (κ2) is 3.48. The van der Waals surface area contributed by atoms with Crippen LogP contribution in [0.2, 0.25) is 0 Å². The van der Waals surface area contributed by atoms with Crippen molar-refractivity contribution in [3.63, 3.8) is 0 Å². The van der Waals surface area contributed by atoms with Gasteiger partial charge in [-0.1, -0.05) is 20.8 Å². The van der Waals surface area contributed by atoms with Gasteiger partial charge in [0, 0.05) is 11.5 Å². The summed E-state index contributed by atoms with van der Waals surface area (Å²) in [6.45, 7) is 10.9. The van der Waals surface area contributed by atoms with Crippen molar-refractivity contribution < 1.29 is 0 Å². The van der Waals surface area contributed by atoms with Crippen LogP contribution in [0.15, 0.2) is 6.33 Å². The van der Waals surface area contributed by atoms with Crippen molar-refractivity contribution in [3.05, 3.63) is 12.2 Å². The summed E-state index contributed by atoms with van der Waals surface area (Å²) < 4.78 is 2.14. The molecule has 1 rings (SSSR count). The van der Waals surface area contributed by atoms with Gasteiger partial charge in [-0.3, -0.25) is 0 Å². The average Bonchev–Trinajstić information content (AvgIpc) is 2.52. The first-order valence-corrected chi connectivity index (χ1v) is 4.89. The third-order valence-corrected chi connectivity index (χ3v) is 2.62. The van der Waals surface area contributed by atoms with E-state index in [4.69, 9.17) is 0 Å². The first kappa shape index (κ1) is 10.2. The van der Waals surface area contributed by atoms with E-state index in [2.05, 4.69) is 49.4 Å². The first-order valence-electron chi connectivity index (χ1n) is 4.89. The van der Waals surface area contributed by atoms with Crippen LogP contribution in [0.3, 0.4) is 0 Å². The van der Waals surface area contributed by atoms with Gasteiger partial charge >= 0.3 is 0 Å². The molecule has 0 spiro atoms. The Bertz CT molecular complexity index is 273. The van der Waals surface area contributed by atoms with E-state index in [0.29, 0.717) is 6.04 Å². The number of aromatic nitrogens is 3. The monoisotopic (exact) mass is 181 g/mol. The molecule has 1 aromatic rings. The molecular formula is C10H19N3. The molecule has 0 bridgehead atoms. The fraction of sp³-hybridized carbons (Fsp3) is 0.800. The molecule has 0 radical (unpaired) electrons. The molecule has 13 heavy (non-hydrogen) atoms. The molecule has 0 aromatic carbocycles. The Morgan fingerprint density at radius 3 is 2.54 bits per heavy atom. The third kappa shape index (κ3) is 1.90. The summed E-state index contributed by atoms with van der Waals surface area (Å²) in [7, 11) is 0. The van der Waals surface area contributed by atoms with Crippen molar-refractivity contribution in [3.8, 4) is 0 Å². The molecule has 1 aromatic heterocycles. The second-order valence-electron chi connectivity index (χ2n) is 4.39. The Morgan fingerprint density at radius 2 is 2.08 bits per heavy atom. The van der Waals surface area contributed by atoms with Crippen LogP contribution in [0, 0.1) is 0 Å². The maximum atomic E-state index is 4.19. The maximum Gasteiger partial charge on any atom is 0.138 e. The fourth-order valence-electron chi connectivity index (χ4n) is 1.26. The summed E-state index contributed by atoms with van der Waals surface area (Å²) in [4.78, 5) is 0. The second-order valence-corrected chi connectivity index (χ2v) is 4.39. The largest absolute Gasteiger partial charge is 0.315 e. The van der Waals surface area contributed by atoms with E-state index >= 15 is 0 Å². The molecule has 0 fully saturated rings. The smallest absolute Gasteiger partial charge is 0.138 e. The molecule has 0 aliphatic carbocycles. The topological polar surface area (TPSA) is 30.7 Å². The Kier molecular flexibility index (Phi) is 2.74. The number of hydrogen-bond acceptors (Lipinski definition) is 2. The highest BCUT2D eigenvalue weighted by atomic mass is 15.3. The van der Waals surface area contributed by atoms with Crippen LogP contribution in [-0.2, 0) is 5.41 Å². The molecule has 0 unspecified atom stereocenters. The lowest BCUT2D eigenvalue weighted by Crippen LogP contribution is -2.22. The van der Waals surface area contributed by atoms with Crippen molar-refractivity contribution in [2.75, 3.05) is 0 Å². The Morgan fingerprint density at radius 1 is 1.46 bits per heavy atom. The molecule has 0 amide bonds. The summed E-state index contributed by atoms with van der Waals surface area (Å²) in [5.74, 6) is 1.09. The standard InChI is InChI=1S/C10H19N3/c1-6-10(4,5)9-12-11-7-13(9)8(2)3/h7-8H,6H2,1-5H3. The third-order valence-electron chi connectivity index (χ3n) is 2.62. The fourth-order valence-corrected chi connectivity index (χ4v) is 1.26. The highest BCUT2D eigenvalue weighted by Crippen LogP contribution is 2.26. The predicted molar refractivity (Wildman–Crippen MR) is 53.7 cm³/mol. The molecule has 0 N–H and O–H groups in total. The van der Waals surface area contributed by atoms with Crippen molar-refractivity contribution >= 4 is 0 Å². The van der Waals surface area contributed by atoms with Gasteiger partial charge in [0.05, 0.1) is 0 Å². The van der Waals surface area contributed by atoms with Gasteiger partial charge < -0.3 is 4.57 Å². The molecule has 0 saturated heterocycles. The first-order chi connectivity index (χ1) is 5.99. The lowest BCUT2D eigenvalue weighted by atomic mass is 9.89. The lowest BCUT2D eigenvalue weighted by molar-refractivity contribution is 0.424. The van der Waals surface area contributed by atoms with Crippen LogP contribution in [0.1, 0.15) is 52.9 Å². The molecule has 0 aliphatic heterocycles. The van der Waals surface area contributed by atoms with E-state index in [1.807, 2.05) is 6.33 Å². The van der Waals surface area contributed by atoms with Gasteiger partial charge in [0.1, 0.15) is 12.2 Å². The van der Waals surface area contributed by atoms with Crippen molar-refractivity contribution in [2.45, 2.75) is 52.5 Å². The molecule has 74 valence electrons. The number of nitrogens with zero attached hydrogens (tertiary/aromatic N) is 3. The van der Waals surface area contributed by atoms with Gasteiger partial charge in [-0.15, -0.1) is 10.2 Å². The van der Waals surface area contributed by atoms with Crippen molar-refractivity contribution in [1.82, 2.24) is 14.8 Å². The minimum atomic E-state index is 0.126. The van der Waals surface area contributed by atoms with Crippen LogP contribution in [0.25, 0.3) is 0 Å². The zero-order chi connectivity index (χ0) is 10.1. The van der Waals surface area contributed by atoms with Gasteiger partial charge in [0.25, 0.3) is 0 Å². The highest BCUT2D eigenvalue weighted by Gasteiger charge is 2.24. The summed E-state index contributed by atoms with van der Waals surface area (Å²) in [5, 5.41) is 8.16. The quantitative estimate of drug-likeness (QED) is 0.717. The summed E-state index contributed by atoms with van der Waals surface area (Å²) in [6, 6.07) is 0.441. The van der Waals surface area contributed by atoms with Gasteiger partial charge in [0.2, 0.25) is 0 Å². The van der Waals surface area contributed by atoms with Crippen LogP contribution >= 0.6 is 0 Å². The van der Waals surface area contributed by atoms with E-state index in [0.717, 1.165) is 12.2 Å². The predicted octanol–water partition coefficient (Wildman–Crippen LogP) is 2.55. The zero-order valence-corrected chi connectivity index (χ0v) is 9.20. The maximum absolute atomic E-state index is 4.19. The van der Waals surface area contributed by atoms with E-state index in [1.165, 1.54) is 0 Å². The van der Waals surface area contributed by atoms with Crippen LogP contribution in [-0.4, -0.2) is 14.8 Å². The van der Waals surface area contributed by atoms with Crippen molar-refractivity contribution in [1.29, 1.82) is 0 Å². The van der Waals surface area contributed by atoms with Gasteiger partial charge in [-0.05, 0) is 20.3 Å². The highest BCUT2D eigenvalue weighted by molar-refractivity contribution is 5.04. The molecule has 3 nitrogen and oxygen atoms in total. The Balaban J connectivity index is 3.07. The molecule has 1 heterocycles. The Labute approximate surface area is 80.2 Å². The molecule has 3 heteroatoms. The van der Waals surface area contributed by atoms with Crippen molar-refractivity contribution in [2.24, 2.45) is 0 Å². The Hall–Kier alpha value is -0.860. The zero-order valence-electron chi connectivity index (χ0n) is 9.20. The van der Waals surface area contributed by atoms with E-state index in [9.17, 15) is 0 Å². The molecule has 0 atom stereocenters. The summed E-state index contributed by atoms with van der Waals surface area (Å²) in [5.41, 5.74) is 0.126. The van der Waals surface area contributed by atoms with Gasteiger partial charge in [0.15, 0.2) is 0 Å². The van der Waals surface area contributed by atoms with Crippen LogP contribution in [0.5, 0.6) is 0 Å². The van der Waals surface area contributed by atoms with E-state index < -0.39 is 0 Å². The minimum Gasteiger partial charge on any atom is -0.315 e. The van der Waals surface area contributed by atoms with E-state index in [-0.39, 0.29) is 5.41 Å². The average molecular weight is 181 g/mol. The summed E-state index contributed by atoms with van der Waals surface area (Å²) in [6.07, 6.45) is 2.90. The molecule has 0 aliphatic rings.